The molecule has 2 aliphatic heterocycles. The standard InChI is InChI=1S/C62H88N6O18/c1-31-25-39-51(71)47(67-59(75)33(3)19-17-21-41(79-9)55(85-61(63)77)37(7)29-35(5)49(69)43(27-31)81-11)45(53(73)57(39)83-13)65-23-15-16-24-66-46-48-52(72)40(58(84-14)54(46)74)26-32(2)28-44(82-12)50(70)36(6)30-38(8)56(86-62(64)78)42(80-10)22-18-20-34(4)60(76)68-48/h17-22,29-32,35-36,41-44,49-50,55-56,65-66,69-70H,15-16,23-28H2,1-14H3,(H2,63,77)(H2,64,78)(H,67,75)(H,68,76)/b21-17-,22-18-,33-19+,34-20+,37-29+,38-30+/t31-,32-,35+,36+,41+,42+,43+,44+,49-,50-,55+,56+/m1/s1. The van der Waals surface area contributed by atoms with Gasteiger partial charge in [-0.3, -0.25) is 28.8 Å². The Morgan fingerprint density at radius 1 is 0.558 bits per heavy atom. The molecule has 4 bridgehead atoms. The second kappa shape index (κ2) is 33.4. The van der Waals surface area contributed by atoms with Gasteiger partial charge in [-0.1, -0.05) is 76.3 Å². The van der Waals surface area contributed by atoms with Gasteiger partial charge in [0.1, 0.15) is 35.0 Å². The van der Waals surface area contributed by atoms with E-state index in [2.05, 4.69) is 21.3 Å². The number of aliphatic hydroxyl groups excluding tert-OH is 2. The Kier molecular flexibility index (Phi) is 27.6. The van der Waals surface area contributed by atoms with Crippen molar-refractivity contribution in [3.8, 4) is 0 Å². The summed E-state index contributed by atoms with van der Waals surface area (Å²) in [6.07, 6.45) is 3.57. The van der Waals surface area contributed by atoms with Crippen LogP contribution in [0.5, 0.6) is 0 Å². The quantitative estimate of drug-likeness (QED) is 0.0638. The molecule has 86 heavy (non-hydrogen) atoms. The zero-order chi connectivity index (χ0) is 64.3. The fraction of sp³-hybridized carbons (Fsp3) is 0.548. The molecule has 24 nitrogen and oxygen atoms in total. The molecule has 2 aliphatic carbocycles. The van der Waals surface area contributed by atoms with Crippen LogP contribution in [0.2, 0.25) is 0 Å². The summed E-state index contributed by atoms with van der Waals surface area (Å²) >= 11 is 0. The molecule has 0 spiro atoms. The van der Waals surface area contributed by atoms with Crippen LogP contribution < -0.4 is 32.7 Å². The highest BCUT2D eigenvalue weighted by molar-refractivity contribution is 6.26. The van der Waals surface area contributed by atoms with Gasteiger partial charge < -0.3 is 80.8 Å². The van der Waals surface area contributed by atoms with E-state index in [4.69, 9.17) is 49.4 Å². The second-order valence-corrected chi connectivity index (χ2v) is 22.1. The van der Waals surface area contributed by atoms with Crippen molar-refractivity contribution < 1.29 is 86.5 Å². The number of ether oxygens (including phenoxy) is 8. The molecule has 24 heteroatoms. The lowest BCUT2D eigenvalue weighted by molar-refractivity contribution is -0.121. The molecule has 0 aromatic rings. The molecule has 10 N–H and O–H groups in total. The second-order valence-electron chi connectivity index (χ2n) is 22.1. The van der Waals surface area contributed by atoms with Crippen LogP contribution in [0.25, 0.3) is 0 Å². The van der Waals surface area contributed by atoms with E-state index in [-0.39, 0.29) is 108 Å². The molecule has 0 radical (unpaired) electrons. The predicted octanol–water partition coefficient (Wildman–Crippen LogP) is 4.45. The number of allylic oxidation sites excluding steroid dienone is 6. The summed E-state index contributed by atoms with van der Waals surface area (Å²) in [7, 11) is 8.17. The molecule has 0 aromatic heterocycles. The van der Waals surface area contributed by atoms with Crippen molar-refractivity contribution in [3.63, 3.8) is 0 Å². The van der Waals surface area contributed by atoms with Gasteiger partial charge in [0.05, 0.1) is 38.6 Å². The minimum Gasteiger partial charge on any atom is -0.492 e. The number of rotatable bonds is 15. The van der Waals surface area contributed by atoms with Crippen LogP contribution in [0, 0.1) is 23.7 Å². The summed E-state index contributed by atoms with van der Waals surface area (Å²) in [6.45, 7) is 13.6. The van der Waals surface area contributed by atoms with Crippen LogP contribution in [-0.2, 0) is 66.7 Å². The Balaban J connectivity index is 1.70. The number of nitrogens with two attached hydrogens (primary N) is 2. The maximum atomic E-state index is 14.7. The third-order valence-electron chi connectivity index (χ3n) is 15.4. The number of amides is 4. The highest BCUT2D eigenvalue weighted by Crippen LogP contribution is 2.34. The molecule has 474 valence electrons. The summed E-state index contributed by atoms with van der Waals surface area (Å²) in [5, 5.41) is 34.5. The number of Topliss-reactive ketones (excluding diaryl/α,β-unsaturated/α-hetero) is 4. The number of ketones is 4. The number of hydrogen-bond acceptors (Lipinski definition) is 20. The van der Waals surface area contributed by atoms with Crippen molar-refractivity contribution in [2.75, 3.05) is 55.7 Å². The van der Waals surface area contributed by atoms with Crippen molar-refractivity contribution in [2.45, 2.75) is 143 Å². The van der Waals surface area contributed by atoms with Crippen LogP contribution in [0.15, 0.2) is 116 Å². The van der Waals surface area contributed by atoms with E-state index in [1.54, 1.807) is 39.8 Å². The first kappa shape index (κ1) is 71.0. The van der Waals surface area contributed by atoms with Crippen LogP contribution in [0.1, 0.15) is 93.9 Å². The molecule has 0 saturated heterocycles. The van der Waals surface area contributed by atoms with E-state index in [9.17, 15) is 48.6 Å². The van der Waals surface area contributed by atoms with Crippen LogP contribution in [-0.4, -0.2) is 162 Å². The number of methoxy groups -OCH3 is 6. The van der Waals surface area contributed by atoms with Gasteiger partial charge >= 0.3 is 12.2 Å². The number of nitrogens with one attached hydrogen (secondary N) is 4. The largest absolute Gasteiger partial charge is 0.492 e. The lowest BCUT2D eigenvalue weighted by Gasteiger charge is -2.30. The molecule has 4 aliphatic rings. The van der Waals surface area contributed by atoms with Crippen molar-refractivity contribution in [3.05, 3.63) is 116 Å². The van der Waals surface area contributed by atoms with Gasteiger partial charge in [-0.05, 0) is 89.2 Å². The normalized spacial score (nSPS) is 31.6. The molecule has 0 aromatic carbocycles. The van der Waals surface area contributed by atoms with Crippen molar-refractivity contribution in [1.29, 1.82) is 0 Å². The zero-order valence-corrected chi connectivity index (χ0v) is 51.8. The molecule has 4 amide bonds. The Labute approximate surface area is 503 Å². The highest BCUT2D eigenvalue weighted by Gasteiger charge is 2.41. The van der Waals surface area contributed by atoms with E-state index in [1.807, 2.05) is 13.8 Å². The average Bonchev–Trinajstić information content (AvgIpc) is 1.14. The molecular weight excluding hydrogens is 1120 g/mol. The van der Waals surface area contributed by atoms with Gasteiger partial charge in [0.25, 0.3) is 11.8 Å². The van der Waals surface area contributed by atoms with Gasteiger partial charge in [0, 0.05) is 75.7 Å². The monoisotopic (exact) mass is 1200 g/mol. The van der Waals surface area contributed by atoms with Crippen LogP contribution in [0.4, 0.5) is 9.59 Å². The molecule has 0 saturated carbocycles. The van der Waals surface area contributed by atoms with Crippen molar-refractivity contribution in [1.82, 2.24) is 21.3 Å². The van der Waals surface area contributed by atoms with Crippen LogP contribution >= 0.6 is 0 Å². The number of fused-ring (bicyclic) bond motifs is 4. The van der Waals surface area contributed by atoms with E-state index in [1.165, 1.54) is 93.0 Å². The first-order chi connectivity index (χ1) is 40.7. The van der Waals surface area contributed by atoms with E-state index < -0.39 is 120 Å². The average molecular weight is 1210 g/mol. The van der Waals surface area contributed by atoms with E-state index in [0.717, 1.165) is 0 Å². The minimum absolute atomic E-state index is 0.00943. The summed E-state index contributed by atoms with van der Waals surface area (Å²) in [4.78, 5) is 110. The molecule has 4 rings (SSSR count). The zero-order valence-electron chi connectivity index (χ0n) is 51.8. The van der Waals surface area contributed by atoms with Gasteiger partial charge in [-0.15, -0.1) is 0 Å². The maximum Gasteiger partial charge on any atom is 0.405 e. The molecule has 0 unspecified atom stereocenters. The van der Waals surface area contributed by atoms with Crippen molar-refractivity contribution in [2.24, 2.45) is 35.1 Å². The minimum atomic E-state index is -1.09. The third-order valence-corrected chi connectivity index (χ3v) is 15.4. The van der Waals surface area contributed by atoms with E-state index in [0.29, 0.717) is 11.1 Å². The Morgan fingerprint density at radius 2 is 0.907 bits per heavy atom. The maximum absolute atomic E-state index is 14.7. The molecular formula is C62H88N6O18. The summed E-state index contributed by atoms with van der Waals surface area (Å²) in [5.74, 6) is -6.70. The molecule has 12 atom stereocenters. The number of hydrogen-bond donors (Lipinski definition) is 8. The van der Waals surface area contributed by atoms with Gasteiger partial charge in [-0.2, -0.15) is 0 Å². The lowest BCUT2D eigenvalue weighted by atomic mass is 9.84. The summed E-state index contributed by atoms with van der Waals surface area (Å²) in [6, 6.07) is 0. The molecule has 2 heterocycles. The Morgan fingerprint density at radius 3 is 1.21 bits per heavy atom. The van der Waals surface area contributed by atoms with Crippen molar-refractivity contribution >= 4 is 47.1 Å². The van der Waals surface area contributed by atoms with Crippen LogP contribution in [0.3, 0.4) is 0 Å². The highest BCUT2D eigenvalue weighted by atomic mass is 16.6. The number of carbonyl (C=O) groups excluding carboxylic acids is 8. The fourth-order valence-electron chi connectivity index (χ4n) is 10.7. The predicted molar refractivity (Wildman–Crippen MR) is 316 cm³/mol. The smallest absolute Gasteiger partial charge is 0.405 e. The Hall–Kier alpha value is -7.48. The third kappa shape index (κ3) is 18.5. The first-order valence-corrected chi connectivity index (χ1v) is 28.5. The lowest BCUT2D eigenvalue weighted by Crippen LogP contribution is -2.41. The molecule has 0 fully saturated rings. The van der Waals surface area contributed by atoms with Gasteiger partial charge in [0.2, 0.25) is 23.1 Å². The summed E-state index contributed by atoms with van der Waals surface area (Å²) in [5.41, 5.74) is 11.0. The van der Waals surface area contributed by atoms with E-state index >= 15 is 0 Å². The number of unbranched alkanes of at least 4 members (excludes halogenated alkanes) is 1. The Bertz CT molecular complexity index is 2680. The topological polar surface area (TPSA) is 351 Å². The SMILES string of the molecule is COC1=C2C[C@@H](C)C[C@H](OC)[C@H](O)[C@@H](C)/C=C(\C)[C@H](OC(N)=O)[C@@H](OC)/C=C\C=C(/C)C(=O)NC(=C(NCCCCNC3=C4NC(=O)/C(C)=C/C=C\[C@H](OC)[C@@H](OC(N)=O)/C(C)=C/[C@H](C)[C@@H](O)[C@@H](OC)C[C@H](C)CC(=C(OC)C3=O)C4=O)C1=O)C2=O. The first-order valence-electron chi connectivity index (χ1n) is 28.5. The number of aliphatic hydroxyl groups is 2. The van der Waals surface area contributed by atoms with Gasteiger partial charge in [0.15, 0.2) is 23.7 Å². The number of primary amides is 2. The van der Waals surface area contributed by atoms with Gasteiger partial charge in [-0.25, -0.2) is 9.59 Å². The summed E-state index contributed by atoms with van der Waals surface area (Å²) < 4.78 is 45.0. The fourth-order valence-corrected chi connectivity index (χ4v) is 10.7. The number of carbonyl (C=O) groups is 8.